The number of hydrogen-bond acceptors (Lipinski definition) is 3. The van der Waals surface area contributed by atoms with E-state index in [-0.39, 0.29) is 19.6 Å². The number of halogens is 3. The average Bonchev–Trinajstić information content (AvgIpc) is 2.23. The molecule has 0 aliphatic rings. The van der Waals surface area contributed by atoms with Crippen molar-refractivity contribution in [3.8, 4) is 5.88 Å². The first-order valence-corrected chi connectivity index (χ1v) is 4.87. The summed E-state index contributed by atoms with van der Waals surface area (Å²) in [6.45, 7) is 0.278. The fraction of sp³-hybridized carbons (Fsp3) is 0.500. The van der Waals surface area contributed by atoms with Gasteiger partial charge >= 0.3 is 6.18 Å². The molecule has 0 radical (unpaired) electrons. The fourth-order valence-corrected chi connectivity index (χ4v) is 1.10. The lowest BCUT2D eigenvalue weighted by Crippen LogP contribution is -2.10. The number of alkyl halides is 3. The van der Waals surface area contributed by atoms with E-state index >= 15 is 0 Å². The predicted octanol–water partition coefficient (Wildman–Crippen LogP) is 2.26. The highest BCUT2D eigenvalue weighted by Crippen LogP contribution is 2.21. The fourth-order valence-electron chi connectivity index (χ4n) is 1.10. The minimum absolute atomic E-state index is 0.000531. The summed E-state index contributed by atoms with van der Waals surface area (Å²) in [4.78, 5) is 4.00. The van der Waals surface area contributed by atoms with Crippen LogP contribution in [0, 0.1) is 0 Å². The maximum Gasteiger partial charge on any atom is 0.389 e. The summed E-state index contributed by atoms with van der Waals surface area (Å²) in [6.07, 6.45) is -5.04. The molecule has 6 heteroatoms. The zero-order chi connectivity index (χ0) is 12.0. The van der Waals surface area contributed by atoms with Crippen molar-refractivity contribution in [1.82, 2.24) is 4.98 Å². The first-order chi connectivity index (χ1) is 7.51. The molecule has 0 aromatic carbocycles. The number of aromatic nitrogens is 1. The first kappa shape index (κ1) is 12.8. The summed E-state index contributed by atoms with van der Waals surface area (Å²) < 4.78 is 40.5. The van der Waals surface area contributed by atoms with Crippen LogP contribution in [0.25, 0.3) is 0 Å². The predicted molar refractivity (Wildman–Crippen MR) is 52.9 cm³/mol. The second kappa shape index (κ2) is 5.69. The summed E-state index contributed by atoms with van der Waals surface area (Å²) in [7, 11) is 0. The minimum Gasteiger partial charge on any atom is -0.478 e. The number of nitrogens with two attached hydrogens (primary N) is 1. The van der Waals surface area contributed by atoms with Crippen molar-refractivity contribution in [2.75, 3.05) is 6.61 Å². The van der Waals surface area contributed by atoms with Gasteiger partial charge in [-0.05, 0) is 12.5 Å². The number of ether oxygens (including phenoxy) is 1. The molecular weight excluding hydrogens is 221 g/mol. The monoisotopic (exact) mass is 234 g/mol. The van der Waals surface area contributed by atoms with E-state index in [1.165, 1.54) is 0 Å². The van der Waals surface area contributed by atoms with Crippen LogP contribution in [0.1, 0.15) is 18.5 Å². The van der Waals surface area contributed by atoms with Gasteiger partial charge in [-0.15, -0.1) is 0 Å². The molecule has 0 saturated carbocycles. The Bertz CT molecular complexity index is 328. The van der Waals surface area contributed by atoms with E-state index in [0.717, 1.165) is 0 Å². The summed E-state index contributed by atoms with van der Waals surface area (Å²) in [5, 5.41) is 0. The molecule has 90 valence electrons. The van der Waals surface area contributed by atoms with E-state index in [9.17, 15) is 13.2 Å². The van der Waals surface area contributed by atoms with Gasteiger partial charge in [-0.3, -0.25) is 0 Å². The normalized spacial score (nSPS) is 11.5. The molecule has 16 heavy (non-hydrogen) atoms. The number of pyridine rings is 1. The highest BCUT2D eigenvalue weighted by atomic mass is 19.4. The Hall–Kier alpha value is -1.30. The van der Waals surface area contributed by atoms with Crippen molar-refractivity contribution >= 4 is 0 Å². The van der Waals surface area contributed by atoms with Crippen LogP contribution in [-0.4, -0.2) is 17.8 Å². The quantitative estimate of drug-likeness (QED) is 0.795. The molecule has 3 nitrogen and oxygen atoms in total. The summed E-state index contributed by atoms with van der Waals surface area (Å²) >= 11 is 0. The van der Waals surface area contributed by atoms with Crippen LogP contribution in [0.3, 0.4) is 0 Å². The van der Waals surface area contributed by atoms with Crippen LogP contribution < -0.4 is 10.5 Å². The van der Waals surface area contributed by atoms with Crippen molar-refractivity contribution < 1.29 is 17.9 Å². The number of nitrogens with zero attached hydrogens (tertiary/aromatic N) is 1. The molecule has 0 fully saturated rings. The standard InChI is InChI=1S/C10H13F3N2O/c11-10(12,13)5-2-6-16-9-4-1-3-8(7-14)15-9/h1,3-4H,2,5-7,14H2. The van der Waals surface area contributed by atoms with E-state index in [4.69, 9.17) is 10.5 Å². The van der Waals surface area contributed by atoms with Gasteiger partial charge in [-0.2, -0.15) is 13.2 Å². The van der Waals surface area contributed by atoms with E-state index in [1.807, 2.05) is 0 Å². The van der Waals surface area contributed by atoms with Gasteiger partial charge in [0, 0.05) is 19.0 Å². The third kappa shape index (κ3) is 4.97. The lowest BCUT2D eigenvalue weighted by atomic mass is 10.3. The van der Waals surface area contributed by atoms with E-state index in [0.29, 0.717) is 11.6 Å². The van der Waals surface area contributed by atoms with Gasteiger partial charge in [0.05, 0.1) is 12.3 Å². The van der Waals surface area contributed by atoms with Crippen molar-refractivity contribution in [2.24, 2.45) is 5.73 Å². The van der Waals surface area contributed by atoms with E-state index < -0.39 is 12.6 Å². The maximum atomic E-state index is 11.8. The topological polar surface area (TPSA) is 48.1 Å². The van der Waals surface area contributed by atoms with Crippen LogP contribution in [0.4, 0.5) is 13.2 Å². The van der Waals surface area contributed by atoms with Crippen molar-refractivity contribution in [1.29, 1.82) is 0 Å². The lowest BCUT2D eigenvalue weighted by molar-refractivity contribution is -0.136. The summed E-state index contributed by atoms with van der Waals surface area (Å²) in [6, 6.07) is 5.02. The Balaban J connectivity index is 2.32. The second-order valence-corrected chi connectivity index (χ2v) is 3.24. The SMILES string of the molecule is NCc1cccc(OCCCC(F)(F)F)n1. The molecule has 0 unspecified atom stereocenters. The largest absolute Gasteiger partial charge is 0.478 e. The molecule has 1 rings (SSSR count). The number of hydrogen-bond donors (Lipinski definition) is 1. The summed E-state index contributed by atoms with van der Waals surface area (Å²) in [5.74, 6) is 0.310. The zero-order valence-electron chi connectivity index (χ0n) is 8.63. The molecule has 0 saturated heterocycles. The smallest absolute Gasteiger partial charge is 0.389 e. The molecule has 0 atom stereocenters. The highest BCUT2D eigenvalue weighted by molar-refractivity contribution is 5.15. The lowest BCUT2D eigenvalue weighted by Gasteiger charge is -2.08. The van der Waals surface area contributed by atoms with Crippen LogP contribution in [-0.2, 0) is 6.54 Å². The average molecular weight is 234 g/mol. The Kier molecular flexibility index (Phi) is 4.54. The first-order valence-electron chi connectivity index (χ1n) is 4.87. The zero-order valence-corrected chi connectivity index (χ0v) is 8.63. The Labute approximate surface area is 91.4 Å². The number of rotatable bonds is 5. The Morgan fingerprint density at radius 1 is 1.31 bits per heavy atom. The molecule has 1 aromatic rings. The van der Waals surface area contributed by atoms with Gasteiger partial charge in [0.1, 0.15) is 0 Å². The molecule has 0 spiro atoms. The molecule has 0 aliphatic carbocycles. The van der Waals surface area contributed by atoms with Crippen LogP contribution in [0.5, 0.6) is 5.88 Å². The van der Waals surface area contributed by atoms with Gasteiger partial charge in [0.25, 0.3) is 0 Å². The van der Waals surface area contributed by atoms with Crippen LogP contribution in [0.2, 0.25) is 0 Å². The third-order valence-electron chi connectivity index (χ3n) is 1.84. The maximum absolute atomic E-state index is 11.8. The van der Waals surface area contributed by atoms with Gasteiger partial charge in [0.2, 0.25) is 5.88 Å². The molecule has 1 heterocycles. The van der Waals surface area contributed by atoms with Crippen molar-refractivity contribution in [2.45, 2.75) is 25.6 Å². The van der Waals surface area contributed by atoms with Gasteiger partial charge < -0.3 is 10.5 Å². The van der Waals surface area contributed by atoms with Crippen LogP contribution in [0.15, 0.2) is 18.2 Å². The Morgan fingerprint density at radius 3 is 2.69 bits per heavy atom. The van der Waals surface area contributed by atoms with E-state index in [2.05, 4.69) is 4.98 Å². The Morgan fingerprint density at radius 2 is 2.06 bits per heavy atom. The van der Waals surface area contributed by atoms with E-state index in [1.54, 1.807) is 18.2 Å². The molecule has 0 amide bonds. The highest BCUT2D eigenvalue weighted by Gasteiger charge is 2.26. The molecule has 0 aliphatic heterocycles. The van der Waals surface area contributed by atoms with Crippen molar-refractivity contribution in [3.63, 3.8) is 0 Å². The third-order valence-corrected chi connectivity index (χ3v) is 1.84. The second-order valence-electron chi connectivity index (χ2n) is 3.24. The van der Waals surface area contributed by atoms with Crippen LogP contribution >= 0.6 is 0 Å². The van der Waals surface area contributed by atoms with Gasteiger partial charge in [-0.25, -0.2) is 4.98 Å². The molecule has 0 bridgehead atoms. The summed E-state index contributed by atoms with van der Waals surface area (Å²) in [5.41, 5.74) is 6.01. The van der Waals surface area contributed by atoms with Gasteiger partial charge in [-0.1, -0.05) is 6.07 Å². The van der Waals surface area contributed by atoms with Crippen molar-refractivity contribution in [3.05, 3.63) is 23.9 Å². The molecule has 2 N–H and O–H groups in total. The van der Waals surface area contributed by atoms with Gasteiger partial charge in [0.15, 0.2) is 0 Å². The molecule has 1 aromatic heterocycles. The minimum atomic E-state index is -4.13. The molecular formula is C10H13F3N2O.